The Hall–Kier alpha value is -2.21. The van der Waals surface area contributed by atoms with Crippen LogP contribution in [0.2, 0.25) is 0 Å². The fraction of sp³-hybridized carbons (Fsp3) is 0.474. The highest BCUT2D eigenvalue weighted by atomic mass is 19.1. The standard InChI is InChI=1S/C19H22FN3O2/c1-22-10-8-21-18(22)17-15(5-3-11-25-17)19(24)23-9-7-14-13(12-23)4-2-6-16(14)20/h2,4,6,8,10,15,17H,3,5,7,9,11-12H2,1H3/t15-,17-/m1/s1. The number of aromatic nitrogens is 2. The van der Waals surface area contributed by atoms with E-state index < -0.39 is 0 Å². The van der Waals surface area contributed by atoms with Crippen LogP contribution in [0.15, 0.2) is 30.6 Å². The van der Waals surface area contributed by atoms with Crippen molar-refractivity contribution in [1.82, 2.24) is 14.5 Å². The highest BCUT2D eigenvalue weighted by molar-refractivity contribution is 5.80. The van der Waals surface area contributed by atoms with Gasteiger partial charge in [-0.05, 0) is 36.5 Å². The third kappa shape index (κ3) is 2.95. The van der Waals surface area contributed by atoms with Crippen LogP contribution in [0.25, 0.3) is 0 Å². The fourth-order valence-corrected chi connectivity index (χ4v) is 3.93. The Morgan fingerprint density at radius 3 is 3.08 bits per heavy atom. The van der Waals surface area contributed by atoms with E-state index in [0.29, 0.717) is 26.1 Å². The van der Waals surface area contributed by atoms with Gasteiger partial charge >= 0.3 is 0 Å². The van der Waals surface area contributed by atoms with Crippen molar-refractivity contribution in [2.45, 2.75) is 31.9 Å². The van der Waals surface area contributed by atoms with Gasteiger partial charge in [-0.3, -0.25) is 4.79 Å². The van der Waals surface area contributed by atoms with Crippen LogP contribution < -0.4 is 0 Å². The number of carbonyl (C=O) groups is 1. The van der Waals surface area contributed by atoms with Crippen molar-refractivity contribution in [2.24, 2.45) is 13.0 Å². The van der Waals surface area contributed by atoms with Gasteiger partial charge in [0.15, 0.2) is 0 Å². The number of ether oxygens (including phenoxy) is 1. The van der Waals surface area contributed by atoms with Crippen molar-refractivity contribution in [3.8, 4) is 0 Å². The number of aryl methyl sites for hydroxylation is 1. The van der Waals surface area contributed by atoms with E-state index in [0.717, 1.165) is 29.8 Å². The lowest BCUT2D eigenvalue weighted by Crippen LogP contribution is -2.43. The molecule has 2 aliphatic heterocycles. The molecule has 0 radical (unpaired) electrons. The predicted molar refractivity (Wildman–Crippen MR) is 90.1 cm³/mol. The molecule has 0 unspecified atom stereocenters. The van der Waals surface area contributed by atoms with Crippen molar-refractivity contribution in [2.75, 3.05) is 13.2 Å². The summed E-state index contributed by atoms with van der Waals surface area (Å²) in [6.45, 7) is 1.67. The summed E-state index contributed by atoms with van der Waals surface area (Å²) in [5, 5.41) is 0. The molecule has 4 rings (SSSR count). The largest absolute Gasteiger partial charge is 0.369 e. The first-order valence-corrected chi connectivity index (χ1v) is 8.79. The first kappa shape index (κ1) is 16.3. The molecular formula is C19H22FN3O2. The normalized spacial score (nSPS) is 23.4. The maximum Gasteiger partial charge on any atom is 0.229 e. The summed E-state index contributed by atoms with van der Waals surface area (Å²) in [7, 11) is 1.92. The number of imidazole rings is 1. The van der Waals surface area contributed by atoms with Crippen LogP contribution in [0.3, 0.4) is 0 Å². The molecule has 25 heavy (non-hydrogen) atoms. The van der Waals surface area contributed by atoms with Gasteiger partial charge in [0.1, 0.15) is 17.7 Å². The average molecular weight is 343 g/mol. The second-order valence-electron chi connectivity index (χ2n) is 6.82. The molecule has 1 aromatic carbocycles. The van der Waals surface area contributed by atoms with E-state index >= 15 is 0 Å². The van der Waals surface area contributed by atoms with Crippen molar-refractivity contribution in [3.63, 3.8) is 0 Å². The Labute approximate surface area is 146 Å². The Bertz CT molecular complexity index is 789. The van der Waals surface area contributed by atoms with Gasteiger partial charge in [-0.2, -0.15) is 0 Å². The maximum atomic E-state index is 13.9. The molecule has 0 aliphatic carbocycles. The van der Waals surface area contributed by atoms with E-state index in [-0.39, 0.29) is 23.7 Å². The Morgan fingerprint density at radius 2 is 2.28 bits per heavy atom. The third-order valence-electron chi connectivity index (χ3n) is 5.27. The van der Waals surface area contributed by atoms with E-state index in [4.69, 9.17) is 4.74 Å². The molecule has 3 heterocycles. The van der Waals surface area contributed by atoms with Crippen molar-refractivity contribution in [1.29, 1.82) is 0 Å². The van der Waals surface area contributed by atoms with E-state index in [9.17, 15) is 9.18 Å². The summed E-state index contributed by atoms with van der Waals surface area (Å²) in [6, 6.07) is 5.11. The van der Waals surface area contributed by atoms with Crippen LogP contribution in [-0.2, 0) is 29.5 Å². The molecule has 2 aromatic rings. The van der Waals surface area contributed by atoms with Gasteiger partial charge < -0.3 is 14.2 Å². The van der Waals surface area contributed by atoms with Crippen LogP contribution in [0.1, 0.15) is 35.9 Å². The molecule has 1 saturated heterocycles. The number of nitrogens with zero attached hydrogens (tertiary/aromatic N) is 3. The topological polar surface area (TPSA) is 47.4 Å². The SMILES string of the molecule is Cn1ccnc1[C@@H]1OCCC[C@H]1C(=O)N1CCc2c(F)cccc2C1. The number of hydrogen-bond acceptors (Lipinski definition) is 3. The molecule has 1 aromatic heterocycles. The molecular weight excluding hydrogens is 321 g/mol. The molecule has 1 fully saturated rings. The fourth-order valence-electron chi connectivity index (χ4n) is 3.93. The van der Waals surface area contributed by atoms with E-state index in [1.165, 1.54) is 6.07 Å². The zero-order chi connectivity index (χ0) is 17.4. The average Bonchev–Trinajstić information content (AvgIpc) is 3.07. The van der Waals surface area contributed by atoms with E-state index in [1.54, 1.807) is 12.3 Å². The number of fused-ring (bicyclic) bond motifs is 1. The van der Waals surface area contributed by atoms with Crippen molar-refractivity contribution in [3.05, 3.63) is 53.4 Å². The van der Waals surface area contributed by atoms with Crippen LogP contribution in [0.4, 0.5) is 4.39 Å². The molecule has 0 N–H and O–H groups in total. The smallest absolute Gasteiger partial charge is 0.229 e. The van der Waals surface area contributed by atoms with Crippen LogP contribution in [-0.4, -0.2) is 33.5 Å². The van der Waals surface area contributed by atoms with Crippen LogP contribution in [0.5, 0.6) is 0 Å². The summed E-state index contributed by atoms with van der Waals surface area (Å²) < 4.78 is 21.8. The summed E-state index contributed by atoms with van der Waals surface area (Å²) in [4.78, 5) is 19.4. The number of halogens is 1. The highest BCUT2D eigenvalue weighted by Crippen LogP contribution is 2.35. The minimum atomic E-state index is -0.310. The van der Waals surface area contributed by atoms with E-state index in [2.05, 4.69) is 4.98 Å². The lowest BCUT2D eigenvalue weighted by atomic mass is 9.90. The summed E-state index contributed by atoms with van der Waals surface area (Å²) in [6.07, 6.45) is 5.52. The molecule has 2 atom stereocenters. The molecule has 0 spiro atoms. The summed E-state index contributed by atoms with van der Waals surface area (Å²) >= 11 is 0. The van der Waals surface area contributed by atoms with Gasteiger partial charge in [-0.15, -0.1) is 0 Å². The second-order valence-corrected chi connectivity index (χ2v) is 6.82. The minimum Gasteiger partial charge on any atom is -0.369 e. The number of rotatable bonds is 2. The van der Waals surface area contributed by atoms with Gasteiger partial charge in [0.2, 0.25) is 5.91 Å². The van der Waals surface area contributed by atoms with Crippen molar-refractivity contribution >= 4 is 5.91 Å². The number of hydrogen-bond donors (Lipinski definition) is 0. The molecule has 132 valence electrons. The third-order valence-corrected chi connectivity index (χ3v) is 5.27. The Kier molecular flexibility index (Phi) is 4.29. The molecule has 6 heteroatoms. The number of amides is 1. The lowest BCUT2D eigenvalue weighted by molar-refractivity contribution is -0.147. The van der Waals surface area contributed by atoms with Crippen LogP contribution >= 0.6 is 0 Å². The van der Waals surface area contributed by atoms with Gasteiger partial charge in [-0.25, -0.2) is 9.37 Å². The zero-order valence-electron chi connectivity index (χ0n) is 14.3. The minimum absolute atomic E-state index is 0.0858. The first-order valence-electron chi connectivity index (χ1n) is 8.79. The Balaban J connectivity index is 1.56. The van der Waals surface area contributed by atoms with Gasteiger partial charge in [0.05, 0.1) is 5.92 Å². The maximum absolute atomic E-state index is 13.9. The molecule has 5 nitrogen and oxygen atoms in total. The molecule has 2 aliphatic rings. The molecule has 0 bridgehead atoms. The van der Waals surface area contributed by atoms with Crippen LogP contribution in [0, 0.1) is 11.7 Å². The van der Waals surface area contributed by atoms with Gasteiger partial charge in [0.25, 0.3) is 0 Å². The van der Waals surface area contributed by atoms with Crippen molar-refractivity contribution < 1.29 is 13.9 Å². The van der Waals surface area contributed by atoms with Gasteiger partial charge in [-0.1, -0.05) is 12.1 Å². The highest BCUT2D eigenvalue weighted by Gasteiger charge is 2.38. The van der Waals surface area contributed by atoms with Gasteiger partial charge in [0, 0.05) is 39.1 Å². The second kappa shape index (κ2) is 6.59. The van der Waals surface area contributed by atoms with E-state index in [1.807, 2.05) is 28.8 Å². The lowest BCUT2D eigenvalue weighted by Gasteiger charge is -2.36. The monoisotopic (exact) mass is 343 g/mol. The summed E-state index contributed by atoms with van der Waals surface area (Å²) in [5.74, 6) is 0.477. The quantitative estimate of drug-likeness (QED) is 0.842. The predicted octanol–water partition coefficient (Wildman–Crippen LogP) is 2.61. The number of carbonyl (C=O) groups excluding carboxylic acids is 1. The first-order chi connectivity index (χ1) is 12.1. The Morgan fingerprint density at radius 1 is 1.40 bits per heavy atom. The molecule has 0 saturated carbocycles. The molecule has 1 amide bonds. The summed E-state index contributed by atoms with van der Waals surface area (Å²) in [5.41, 5.74) is 1.65. The zero-order valence-corrected chi connectivity index (χ0v) is 14.3. The number of benzene rings is 1.